The van der Waals surface area contributed by atoms with Gasteiger partial charge in [0.1, 0.15) is 5.75 Å². The van der Waals surface area contributed by atoms with Crippen LogP contribution in [0.15, 0.2) is 72.8 Å². The molecule has 0 fully saturated rings. The van der Waals surface area contributed by atoms with Crippen LogP contribution >= 0.6 is 0 Å². The van der Waals surface area contributed by atoms with Crippen molar-refractivity contribution in [3.05, 3.63) is 89.5 Å². The summed E-state index contributed by atoms with van der Waals surface area (Å²) >= 11 is 0. The number of amides is 1. The summed E-state index contributed by atoms with van der Waals surface area (Å²) in [6.07, 6.45) is 1.89. The minimum absolute atomic E-state index is 0.239. The lowest BCUT2D eigenvalue weighted by Gasteiger charge is -2.27. The van der Waals surface area contributed by atoms with Crippen LogP contribution in [0.25, 0.3) is 0 Å². The van der Waals surface area contributed by atoms with Crippen molar-refractivity contribution >= 4 is 23.3 Å². The van der Waals surface area contributed by atoms with E-state index in [0.717, 1.165) is 25.2 Å². The van der Waals surface area contributed by atoms with E-state index in [4.69, 9.17) is 9.47 Å². The van der Waals surface area contributed by atoms with E-state index in [-0.39, 0.29) is 18.3 Å². The van der Waals surface area contributed by atoms with Gasteiger partial charge in [-0.2, -0.15) is 0 Å². The van der Waals surface area contributed by atoms with E-state index in [9.17, 15) is 9.59 Å². The SMILES string of the molecule is CCOC(=O)CCCOc1ccccc1C(=O)Nc1ccc(CN(CC(C)C)c2ccc(CC(C)C)cc2)cc1. The largest absolute Gasteiger partial charge is 0.493 e. The number of hydrogen-bond donors (Lipinski definition) is 1. The third kappa shape index (κ3) is 10.1. The van der Waals surface area contributed by atoms with E-state index in [1.54, 1.807) is 19.1 Å². The minimum atomic E-state index is -0.243. The fraction of sp³-hybridized carbons (Fsp3) is 0.412. The number of carbonyl (C=O) groups is 2. The summed E-state index contributed by atoms with van der Waals surface area (Å²) in [6, 6.07) is 24.1. The average molecular weight is 545 g/mol. The lowest BCUT2D eigenvalue weighted by molar-refractivity contribution is -0.143. The van der Waals surface area contributed by atoms with Crippen molar-refractivity contribution < 1.29 is 19.1 Å². The van der Waals surface area contributed by atoms with Crippen LogP contribution in [0.5, 0.6) is 5.75 Å². The molecule has 1 amide bonds. The van der Waals surface area contributed by atoms with Gasteiger partial charge in [0.2, 0.25) is 0 Å². The fourth-order valence-electron chi connectivity index (χ4n) is 4.54. The molecule has 6 nitrogen and oxygen atoms in total. The van der Waals surface area contributed by atoms with Gasteiger partial charge < -0.3 is 19.7 Å². The molecular weight excluding hydrogens is 500 g/mol. The summed E-state index contributed by atoms with van der Waals surface area (Å²) in [5, 5.41) is 2.98. The van der Waals surface area contributed by atoms with Crippen molar-refractivity contribution in [3.8, 4) is 5.75 Å². The molecule has 0 unspecified atom stereocenters. The third-order valence-electron chi connectivity index (χ3n) is 6.34. The van der Waals surface area contributed by atoms with Crippen molar-refractivity contribution in [2.24, 2.45) is 11.8 Å². The molecule has 40 heavy (non-hydrogen) atoms. The van der Waals surface area contributed by atoms with Crippen LogP contribution in [0.3, 0.4) is 0 Å². The smallest absolute Gasteiger partial charge is 0.305 e. The number of ether oxygens (including phenoxy) is 2. The Bertz CT molecular complexity index is 1200. The van der Waals surface area contributed by atoms with Gasteiger partial charge in [0.25, 0.3) is 5.91 Å². The first-order chi connectivity index (χ1) is 19.2. The van der Waals surface area contributed by atoms with Gasteiger partial charge in [-0.05, 0) is 79.1 Å². The molecule has 0 radical (unpaired) electrons. The number of hydrogen-bond acceptors (Lipinski definition) is 5. The van der Waals surface area contributed by atoms with Crippen LogP contribution in [0.1, 0.15) is 68.9 Å². The zero-order chi connectivity index (χ0) is 28.9. The highest BCUT2D eigenvalue weighted by Gasteiger charge is 2.14. The first-order valence-corrected chi connectivity index (χ1v) is 14.4. The van der Waals surface area contributed by atoms with E-state index in [1.807, 2.05) is 24.3 Å². The van der Waals surface area contributed by atoms with E-state index < -0.39 is 0 Å². The minimum Gasteiger partial charge on any atom is -0.493 e. The topological polar surface area (TPSA) is 67.9 Å². The maximum Gasteiger partial charge on any atom is 0.305 e. The highest BCUT2D eigenvalue weighted by Crippen LogP contribution is 2.23. The van der Waals surface area contributed by atoms with Gasteiger partial charge in [0.05, 0.1) is 18.8 Å². The van der Waals surface area contributed by atoms with Crippen LogP contribution in [-0.4, -0.2) is 31.6 Å². The second-order valence-electron chi connectivity index (χ2n) is 10.9. The molecule has 3 aromatic carbocycles. The Morgan fingerprint density at radius 1 is 0.850 bits per heavy atom. The second-order valence-corrected chi connectivity index (χ2v) is 10.9. The standard InChI is InChI=1S/C34H44N2O4/c1-6-39-33(37)12-9-21-40-32-11-8-7-10-31(32)34(38)35-29-17-13-28(14-18-29)24-36(23-26(4)5)30-19-15-27(16-20-30)22-25(2)3/h7-8,10-11,13-20,25-26H,6,9,12,21-24H2,1-5H3,(H,35,38). The molecule has 3 aromatic rings. The average Bonchev–Trinajstić information content (AvgIpc) is 2.92. The number of anilines is 2. The predicted molar refractivity (Wildman–Crippen MR) is 163 cm³/mol. The molecule has 0 aliphatic heterocycles. The number of nitrogens with one attached hydrogen (secondary N) is 1. The van der Waals surface area contributed by atoms with Gasteiger partial charge in [0, 0.05) is 30.9 Å². The fourth-order valence-corrected chi connectivity index (χ4v) is 4.54. The zero-order valence-corrected chi connectivity index (χ0v) is 24.6. The molecule has 0 spiro atoms. The maximum atomic E-state index is 13.1. The van der Waals surface area contributed by atoms with Crippen LogP contribution < -0.4 is 15.0 Å². The van der Waals surface area contributed by atoms with Crippen molar-refractivity contribution in [3.63, 3.8) is 0 Å². The molecule has 0 saturated carbocycles. The Kier molecular flexibility index (Phi) is 12.1. The molecular formula is C34H44N2O4. The highest BCUT2D eigenvalue weighted by atomic mass is 16.5. The monoisotopic (exact) mass is 544 g/mol. The van der Waals surface area contributed by atoms with Crippen molar-refractivity contribution in [1.29, 1.82) is 0 Å². The molecule has 0 saturated heterocycles. The van der Waals surface area contributed by atoms with Gasteiger partial charge in [-0.1, -0.05) is 64.1 Å². The lowest BCUT2D eigenvalue weighted by atomic mass is 10.0. The summed E-state index contributed by atoms with van der Waals surface area (Å²) in [5.74, 6) is 1.18. The first kappa shape index (κ1) is 30.7. The number of rotatable bonds is 15. The van der Waals surface area contributed by atoms with E-state index in [2.05, 4.69) is 74.3 Å². The highest BCUT2D eigenvalue weighted by molar-refractivity contribution is 6.06. The van der Waals surface area contributed by atoms with Crippen molar-refractivity contribution in [2.45, 2.75) is 60.4 Å². The number of benzene rings is 3. The van der Waals surface area contributed by atoms with Crippen LogP contribution in [0, 0.1) is 11.8 Å². The molecule has 3 rings (SSSR count). The van der Waals surface area contributed by atoms with Gasteiger partial charge >= 0.3 is 5.97 Å². The van der Waals surface area contributed by atoms with Crippen LogP contribution in [-0.2, 0) is 22.5 Å². The summed E-state index contributed by atoms with van der Waals surface area (Å²) in [6.45, 7) is 13.2. The predicted octanol–water partition coefficient (Wildman–Crippen LogP) is 7.52. The Morgan fingerprint density at radius 2 is 1.52 bits per heavy atom. The van der Waals surface area contributed by atoms with Crippen LogP contribution in [0.4, 0.5) is 11.4 Å². The molecule has 6 heteroatoms. The molecule has 0 atom stereocenters. The molecule has 0 aliphatic carbocycles. The Hall–Kier alpha value is -3.80. The summed E-state index contributed by atoms with van der Waals surface area (Å²) in [5.41, 5.74) is 4.94. The van der Waals surface area contributed by atoms with Gasteiger partial charge in [-0.15, -0.1) is 0 Å². The van der Waals surface area contributed by atoms with Gasteiger partial charge in [-0.25, -0.2) is 0 Å². The number of para-hydroxylation sites is 1. The molecule has 0 bridgehead atoms. The number of esters is 1. The van der Waals surface area contributed by atoms with E-state index >= 15 is 0 Å². The Labute approximate surface area is 239 Å². The molecule has 0 aromatic heterocycles. The van der Waals surface area contributed by atoms with Gasteiger partial charge in [-0.3, -0.25) is 9.59 Å². The van der Waals surface area contributed by atoms with Gasteiger partial charge in [0.15, 0.2) is 0 Å². The van der Waals surface area contributed by atoms with E-state index in [1.165, 1.54) is 16.8 Å². The first-order valence-electron chi connectivity index (χ1n) is 14.4. The summed E-state index contributed by atoms with van der Waals surface area (Å²) in [7, 11) is 0. The summed E-state index contributed by atoms with van der Waals surface area (Å²) in [4.78, 5) is 27.0. The van der Waals surface area contributed by atoms with Crippen LogP contribution in [0.2, 0.25) is 0 Å². The maximum absolute atomic E-state index is 13.1. The van der Waals surface area contributed by atoms with Crippen molar-refractivity contribution in [1.82, 2.24) is 0 Å². The summed E-state index contributed by atoms with van der Waals surface area (Å²) < 4.78 is 10.8. The molecule has 0 heterocycles. The Balaban J connectivity index is 1.61. The quantitative estimate of drug-likeness (QED) is 0.158. The molecule has 0 aliphatic rings. The number of nitrogens with zero attached hydrogens (tertiary/aromatic N) is 1. The second kappa shape index (κ2) is 15.7. The third-order valence-corrected chi connectivity index (χ3v) is 6.34. The molecule has 1 N–H and O–H groups in total. The normalized spacial score (nSPS) is 11.0. The molecule has 214 valence electrons. The Morgan fingerprint density at radius 3 is 2.17 bits per heavy atom. The zero-order valence-electron chi connectivity index (χ0n) is 24.6. The lowest BCUT2D eigenvalue weighted by Crippen LogP contribution is -2.27. The van der Waals surface area contributed by atoms with Crippen molar-refractivity contribution in [2.75, 3.05) is 30.0 Å². The van der Waals surface area contributed by atoms with E-state index in [0.29, 0.717) is 42.8 Å². The number of carbonyl (C=O) groups excluding carboxylic acids is 2.